The summed E-state index contributed by atoms with van der Waals surface area (Å²) in [4.78, 5) is 50.1. The molecule has 0 aromatic heterocycles. The lowest BCUT2D eigenvalue weighted by molar-refractivity contribution is -0.195. The van der Waals surface area contributed by atoms with Crippen molar-refractivity contribution >= 4 is 24.2 Å². The molecule has 0 aliphatic heterocycles. The Bertz CT molecular complexity index is 1190. The van der Waals surface area contributed by atoms with Crippen LogP contribution in [0, 0.1) is 45.3 Å². The SMILES string of the molecule is CC(=O)O[C@H]1C=C2C(CC[C@H](OC(C)=O)C2(C)C)[C@]2(C=O)CC[C@]3(C)C(C(C)C[C@H](C=C(C)C)OC(C)=O)CC[C@@]3(C)[C@H]12. The normalized spacial score (nSPS) is 39.0. The van der Waals surface area contributed by atoms with E-state index >= 15 is 0 Å². The maximum atomic E-state index is 13.6. The van der Waals surface area contributed by atoms with Crippen molar-refractivity contribution in [2.45, 2.75) is 132 Å². The van der Waals surface area contributed by atoms with Crippen molar-refractivity contribution in [3.8, 4) is 0 Å². The first kappa shape index (κ1) is 33.5. The Hall–Kier alpha value is -2.44. The van der Waals surface area contributed by atoms with Crippen LogP contribution in [0.25, 0.3) is 0 Å². The summed E-state index contributed by atoms with van der Waals surface area (Å²) in [6, 6.07) is 0. The molecule has 4 rings (SSSR count). The van der Waals surface area contributed by atoms with Crippen LogP contribution in [0.2, 0.25) is 0 Å². The molecule has 7 heteroatoms. The lowest BCUT2D eigenvalue weighted by Crippen LogP contribution is -2.65. The van der Waals surface area contributed by atoms with Crippen LogP contribution in [0.1, 0.15) is 114 Å². The van der Waals surface area contributed by atoms with Crippen LogP contribution in [-0.2, 0) is 33.4 Å². The quantitative estimate of drug-likeness (QED) is 0.126. The van der Waals surface area contributed by atoms with Crippen molar-refractivity contribution < 1.29 is 33.4 Å². The van der Waals surface area contributed by atoms with Gasteiger partial charge in [-0.15, -0.1) is 0 Å². The Labute approximate surface area is 258 Å². The van der Waals surface area contributed by atoms with Crippen molar-refractivity contribution in [3.63, 3.8) is 0 Å². The summed E-state index contributed by atoms with van der Waals surface area (Å²) in [5.41, 5.74) is 0.702. The predicted molar refractivity (Wildman–Crippen MR) is 165 cm³/mol. The van der Waals surface area contributed by atoms with Gasteiger partial charge in [0.05, 0.1) is 0 Å². The molecule has 3 unspecified atom stereocenters. The topological polar surface area (TPSA) is 96.0 Å². The molecule has 10 atom stereocenters. The van der Waals surface area contributed by atoms with Crippen LogP contribution in [0.5, 0.6) is 0 Å². The van der Waals surface area contributed by atoms with Gasteiger partial charge in [0.1, 0.15) is 24.6 Å². The van der Waals surface area contributed by atoms with Crippen LogP contribution < -0.4 is 0 Å². The minimum absolute atomic E-state index is 0.00692. The third kappa shape index (κ3) is 5.63. The molecule has 0 N–H and O–H groups in total. The van der Waals surface area contributed by atoms with E-state index in [1.807, 2.05) is 19.9 Å². The number of carbonyl (C=O) groups excluding carboxylic acids is 4. The number of ether oxygens (including phenoxy) is 3. The molecule has 3 fully saturated rings. The summed E-state index contributed by atoms with van der Waals surface area (Å²) in [6.45, 7) is 19.6. The molecule has 0 heterocycles. The highest BCUT2D eigenvalue weighted by atomic mass is 16.6. The number of rotatable bonds is 8. The Morgan fingerprint density at radius 3 is 2.09 bits per heavy atom. The molecule has 0 radical (unpaired) electrons. The van der Waals surface area contributed by atoms with Crippen LogP contribution in [0.15, 0.2) is 23.3 Å². The molecular formula is C36H54O7. The van der Waals surface area contributed by atoms with Crippen LogP contribution in [0.3, 0.4) is 0 Å². The van der Waals surface area contributed by atoms with Gasteiger partial charge in [0.25, 0.3) is 0 Å². The molecule has 3 saturated carbocycles. The molecule has 43 heavy (non-hydrogen) atoms. The maximum Gasteiger partial charge on any atom is 0.303 e. The van der Waals surface area contributed by atoms with E-state index in [1.165, 1.54) is 27.1 Å². The number of allylic oxidation sites excluding steroid dienone is 1. The van der Waals surface area contributed by atoms with E-state index in [0.29, 0.717) is 12.3 Å². The van der Waals surface area contributed by atoms with Gasteiger partial charge in [-0.2, -0.15) is 0 Å². The fraction of sp³-hybridized carbons (Fsp3) is 0.778. The lowest BCUT2D eigenvalue weighted by Gasteiger charge is -2.66. The highest BCUT2D eigenvalue weighted by Gasteiger charge is 2.71. The van der Waals surface area contributed by atoms with Crippen LogP contribution in [-0.4, -0.2) is 42.5 Å². The van der Waals surface area contributed by atoms with Gasteiger partial charge in [-0.1, -0.05) is 45.8 Å². The highest BCUT2D eigenvalue weighted by Crippen LogP contribution is 2.75. The lowest BCUT2D eigenvalue weighted by atomic mass is 9.38. The molecule has 4 aliphatic carbocycles. The average Bonchev–Trinajstić information content (AvgIpc) is 3.15. The summed E-state index contributed by atoms with van der Waals surface area (Å²) < 4.78 is 17.7. The third-order valence-electron chi connectivity index (χ3n) is 12.4. The van der Waals surface area contributed by atoms with E-state index in [9.17, 15) is 19.2 Å². The average molecular weight is 599 g/mol. The van der Waals surface area contributed by atoms with Crippen molar-refractivity contribution in [1.82, 2.24) is 0 Å². The smallest absolute Gasteiger partial charge is 0.303 e. The molecule has 0 spiro atoms. The van der Waals surface area contributed by atoms with E-state index in [1.54, 1.807) is 0 Å². The van der Waals surface area contributed by atoms with Gasteiger partial charge in [0, 0.05) is 37.5 Å². The van der Waals surface area contributed by atoms with Gasteiger partial charge >= 0.3 is 17.9 Å². The summed E-state index contributed by atoms with van der Waals surface area (Å²) in [6.07, 6.45) is 10.1. The van der Waals surface area contributed by atoms with Crippen molar-refractivity contribution in [2.75, 3.05) is 0 Å². The van der Waals surface area contributed by atoms with Crippen molar-refractivity contribution in [2.24, 2.45) is 45.3 Å². The molecule has 7 nitrogen and oxygen atoms in total. The molecule has 0 amide bonds. The zero-order valence-corrected chi connectivity index (χ0v) is 28.1. The third-order valence-corrected chi connectivity index (χ3v) is 12.4. The number of carbonyl (C=O) groups is 4. The van der Waals surface area contributed by atoms with E-state index in [2.05, 4.69) is 40.7 Å². The Morgan fingerprint density at radius 1 is 0.884 bits per heavy atom. The molecule has 240 valence electrons. The number of hydrogen-bond donors (Lipinski definition) is 0. The molecule has 0 saturated heterocycles. The first-order valence-electron chi connectivity index (χ1n) is 16.3. The highest BCUT2D eigenvalue weighted by molar-refractivity contribution is 5.69. The van der Waals surface area contributed by atoms with Gasteiger partial charge in [0.2, 0.25) is 0 Å². The number of aldehydes is 1. The second-order valence-electron chi connectivity index (χ2n) is 15.4. The van der Waals surface area contributed by atoms with Gasteiger partial charge in [-0.3, -0.25) is 14.4 Å². The fourth-order valence-corrected chi connectivity index (χ4v) is 10.5. The number of fused-ring (bicyclic) bond motifs is 5. The van der Waals surface area contributed by atoms with Gasteiger partial charge < -0.3 is 19.0 Å². The number of hydrogen-bond acceptors (Lipinski definition) is 7. The van der Waals surface area contributed by atoms with Crippen molar-refractivity contribution in [3.05, 3.63) is 23.3 Å². The Morgan fingerprint density at radius 2 is 1.53 bits per heavy atom. The fourth-order valence-electron chi connectivity index (χ4n) is 10.5. The monoisotopic (exact) mass is 598 g/mol. The molecule has 0 aromatic rings. The summed E-state index contributed by atoms with van der Waals surface area (Å²) in [5, 5.41) is 0. The zero-order chi connectivity index (χ0) is 32.1. The molecule has 4 aliphatic rings. The predicted octanol–water partition coefficient (Wildman–Crippen LogP) is 7.17. The standard InChI is InChI=1S/C36H54O7/c1-21(2)17-26(41-23(4)38)18-22(3)27-13-14-35(10)32-30(42-24(5)39)19-29-28(36(32,20-37)16-15-34(27,35)9)11-12-31(33(29,7)8)43-25(6)40/h17,19-20,22,26-28,30-32H,11-16,18H2,1-10H3/t22?,26-,27?,28?,30-,31-,32-,34+,35-,36+/m0/s1. The first-order valence-corrected chi connectivity index (χ1v) is 16.3. The van der Waals surface area contributed by atoms with Crippen LogP contribution >= 0.6 is 0 Å². The summed E-state index contributed by atoms with van der Waals surface area (Å²) in [7, 11) is 0. The second-order valence-corrected chi connectivity index (χ2v) is 15.4. The Kier molecular flexibility index (Phi) is 9.19. The number of esters is 3. The minimum Gasteiger partial charge on any atom is -0.462 e. The maximum absolute atomic E-state index is 13.6. The summed E-state index contributed by atoms with van der Waals surface area (Å²) >= 11 is 0. The van der Waals surface area contributed by atoms with Gasteiger partial charge in [-0.25, -0.2) is 0 Å². The van der Waals surface area contributed by atoms with Gasteiger partial charge in [0.15, 0.2) is 0 Å². The van der Waals surface area contributed by atoms with E-state index < -0.39 is 16.9 Å². The first-order chi connectivity index (χ1) is 19.9. The van der Waals surface area contributed by atoms with E-state index in [4.69, 9.17) is 14.2 Å². The largest absolute Gasteiger partial charge is 0.462 e. The molecular weight excluding hydrogens is 544 g/mol. The Balaban J connectivity index is 1.77. The van der Waals surface area contributed by atoms with Crippen LogP contribution in [0.4, 0.5) is 0 Å². The van der Waals surface area contributed by atoms with Gasteiger partial charge in [-0.05, 0) is 99.5 Å². The van der Waals surface area contributed by atoms with E-state index in [-0.39, 0.29) is 58.7 Å². The molecule has 0 aromatic carbocycles. The zero-order valence-electron chi connectivity index (χ0n) is 28.1. The second kappa shape index (κ2) is 11.8. The van der Waals surface area contributed by atoms with E-state index in [0.717, 1.165) is 49.7 Å². The minimum atomic E-state index is -0.669. The molecule has 0 bridgehead atoms. The van der Waals surface area contributed by atoms with Crippen molar-refractivity contribution in [1.29, 1.82) is 0 Å². The summed E-state index contributed by atoms with van der Waals surface area (Å²) in [5.74, 6) is -0.427.